The van der Waals surface area contributed by atoms with E-state index in [-0.39, 0.29) is 29.6 Å². The first-order chi connectivity index (χ1) is 20.9. The molecule has 0 aliphatic heterocycles. The smallest absolute Gasteiger partial charge is 0.293 e. The summed E-state index contributed by atoms with van der Waals surface area (Å²) in [5.74, 6) is 0.200. The summed E-state index contributed by atoms with van der Waals surface area (Å²) in [6.45, 7) is 2.43. The molecule has 0 saturated carbocycles. The van der Waals surface area contributed by atoms with Gasteiger partial charge in [-0.15, -0.1) is 5.10 Å². The van der Waals surface area contributed by atoms with E-state index in [1.165, 1.54) is 30.5 Å². The van der Waals surface area contributed by atoms with Gasteiger partial charge in [0.2, 0.25) is 11.6 Å². The maximum absolute atomic E-state index is 13.3. The van der Waals surface area contributed by atoms with E-state index in [2.05, 4.69) is 51.7 Å². The summed E-state index contributed by atoms with van der Waals surface area (Å²) >= 11 is 3.54. The quantitative estimate of drug-likeness (QED) is 0.145. The number of carbonyl (C=O) groups is 1. The van der Waals surface area contributed by atoms with Crippen molar-refractivity contribution < 1.29 is 28.0 Å². The number of amides is 1. The minimum Gasteiger partial charge on any atom is -0.490 e. The van der Waals surface area contributed by atoms with Gasteiger partial charge in [0.15, 0.2) is 17.2 Å². The van der Waals surface area contributed by atoms with Crippen molar-refractivity contribution in [3.05, 3.63) is 99.5 Å². The third-order valence-electron chi connectivity index (χ3n) is 5.80. The Morgan fingerprint density at radius 3 is 2.60 bits per heavy atom. The van der Waals surface area contributed by atoms with Gasteiger partial charge in [0.25, 0.3) is 5.91 Å². The van der Waals surface area contributed by atoms with Crippen LogP contribution in [0.5, 0.6) is 17.2 Å². The third-order valence-corrected chi connectivity index (χ3v) is 6.39. The molecular formula is C28H24BrFN8O5. The molecular weight excluding hydrogens is 627 g/mol. The molecule has 3 N–H and O–H groups in total. The molecule has 0 saturated heterocycles. The van der Waals surface area contributed by atoms with E-state index in [1.807, 2.05) is 37.3 Å². The summed E-state index contributed by atoms with van der Waals surface area (Å²) in [5.41, 5.74) is 9.91. The van der Waals surface area contributed by atoms with Gasteiger partial charge >= 0.3 is 0 Å². The van der Waals surface area contributed by atoms with E-state index in [4.69, 9.17) is 19.9 Å². The molecule has 0 radical (unpaired) electrons. The van der Waals surface area contributed by atoms with Crippen LogP contribution in [0.25, 0.3) is 5.82 Å². The van der Waals surface area contributed by atoms with Crippen molar-refractivity contribution in [2.24, 2.45) is 5.10 Å². The Bertz CT molecular complexity index is 1730. The second kappa shape index (κ2) is 13.6. The largest absolute Gasteiger partial charge is 0.490 e. The Balaban J connectivity index is 1.33. The highest BCUT2D eigenvalue weighted by molar-refractivity contribution is 9.10. The second-order valence-corrected chi connectivity index (χ2v) is 9.60. The van der Waals surface area contributed by atoms with Gasteiger partial charge in [-0.2, -0.15) is 9.78 Å². The molecule has 0 fully saturated rings. The zero-order valence-corrected chi connectivity index (χ0v) is 24.2. The van der Waals surface area contributed by atoms with Crippen molar-refractivity contribution in [3.8, 4) is 23.1 Å². The summed E-state index contributed by atoms with van der Waals surface area (Å²) in [7, 11) is 0. The number of nitrogens with one attached hydrogen (secondary N) is 1. The number of rotatable bonds is 12. The summed E-state index contributed by atoms with van der Waals surface area (Å²) in [6.07, 6.45) is 1.44. The normalized spacial score (nSPS) is 11.0. The highest BCUT2D eigenvalue weighted by Crippen LogP contribution is 2.37. The van der Waals surface area contributed by atoms with Crippen LogP contribution in [0.15, 0.2) is 80.9 Å². The van der Waals surface area contributed by atoms with Crippen LogP contribution in [-0.4, -0.2) is 44.0 Å². The Morgan fingerprint density at radius 1 is 1.09 bits per heavy atom. The van der Waals surface area contributed by atoms with E-state index in [0.717, 1.165) is 10.2 Å². The molecule has 43 heavy (non-hydrogen) atoms. The zero-order chi connectivity index (χ0) is 30.2. The second-order valence-electron chi connectivity index (χ2n) is 8.75. The van der Waals surface area contributed by atoms with Crippen LogP contribution in [0.1, 0.15) is 34.2 Å². The molecule has 0 bridgehead atoms. The van der Waals surface area contributed by atoms with Crippen molar-refractivity contribution in [2.45, 2.75) is 20.1 Å². The predicted octanol–water partition coefficient (Wildman–Crippen LogP) is 4.45. The van der Waals surface area contributed by atoms with Crippen LogP contribution in [-0.2, 0) is 13.2 Å². The number of nitrogen functional groups attached to an aromatic ring is 1. The lowest BCUT2D eigenvalue weighted by molar-refractivity contribution is 0.0947. The van der Waals surface area contributed by atoms with Crippen molar-refractivity contribution in [3.63, 3.8) is 0 Å². The maximum Gasteiger partial charge on any atom is 0.293 e. The highest BCUT2D eigenvalue weighted by Gasteiger charge is 2.24. The number of aromatic nitrogens is 5. The van der Waals surface area contributed by atoms with E-state index in [9.17, 15) is 9.18 Å². The summed E-state index contributed by atoms with van der Waals surface area (Å²) in [6, 6.07) is 18.6. The van der Waals surface area contributed by atoms with E-state index >= 15 is 0 Å². The molecule has 0 atom stereocenters. The van der Waals surface area contributed by atoms with Crippen LogP contribution in [0.2, 0.25) is 0 Å². The molecule has 5 rings (SSSR count). The van der Waals surface area contributed by atoms with Crippen LogP contribution in [0.4, 0.5) is 10.2 Å². The fraction of sp³-hybridized carbons (Fsp3) is 0.143. The number of ether oxygens (including phenoxy) is 3. The maximum atomic E-state index is 13.3. The number of nitrogens with two attached hydrogens (primary N) is 1. The van der Waals surface area contributed by atoms with Gasteiger partial charge in [-0.25, -0.2) is 14.4 Å². The van der Waals surface area contributed by atoms with Crippen molar-refractivity contribution in [1.29, 1.82) is 0 Å². The Hall–Kier alpha value is -5.31. The van der Waals surface area contributed by atoms with Gasteiger partial charge < -0.3 is 19.9 Å². The monoisotopic (exact) mass is 650 g/mol. The molecule has 15 heteroatoms. The molecule has 2 aromatic heterocycles. The van der Waals surface area contributed by atoms with Gasteiger partial charge in [0, 0.05) is 0 Å². The minimum atomic E-state index is -0.692. The number of anilines is 1. The van der Waals surface area contributed by atoms with E-state index in [1.54, 1.807) is 12.1 Å². The lowest BCUT2D eigenvalue weighted by Crippen LogP contribution is -2.21. The van der Waals surface area contributed by atoms with Gasteiger partial charge in [0.05, 0.1) is 17.3 Å². The molecule has 0 aliphatic rings. The number of carbonyl (C=O) groups excluding carboxylic acids is 1. The molecule has 1 amide bonds. The average Bonchev–Trinajstić information content (AvgIpc) is 3.62. The molecule has 220 valence electrons. The first kappa shape index (κ1) is 29.2. The van der Waals surface area contributed by atoms with Crippen LogP contribution >= 0.6 is 15.9 Å². The van der Waals surface area contributed by atoms with Gasteiger partial charge in [0.1, 0.15) is 30.5 Å². The molecule has 5 aromatic rings. The molecule has 2 heterocycles. The van der Waals surface area contributed by atoms with Gasteiger partial charge in [-0.1, -0.05) is 35.5 Å². The lowest BCUT2D eigenvalue weighted by Gasteiger charge is -2.14. The van der Waals surface area contributed by atoms with Crippen molar-refractivity contribution in [1.82, 2.24) is 30.7 Å². The molecule has 0 unspecified atom stereocenters. The minimum absolute atomic E-state index is 0.00985. The van der Waals surface area contributed by atoms with Crippen LogP contribution < -0.4 is 25.4 Å². The summed E-state index contributed by atoms with van der Waals surface area (Å²) < 4.78 is 37.3. The van der Waals surface area contributed by atoms with Gasteiger partial charge in [-0.05, 0) is 80.7 Å². The van der Waals surface area contributed by atoms with E-state index < -0.39 is 11.7 Å². The zero-order valence-electron chi connectivity index (χ0n) is 22.6. The molecule has 0 spiro atoms. The summed E-state index contributed by atoms with van der Waals surface area (Å²) in [5, 5.41) is 19.2. The van der Waals surface area contributed by atoms with Crippen molar-refractivity contribution in [2.75, 3.05) is 12.3 Å². The number of hydrogen-bond donors (Lipinski definition) is 2. The Labute approximate surface area is 252 Å². The number of nitrogens with zero attached hydrogens (tertiary/aromatic N) is 6. The number of hydrogen-bond acceptors (Lipinski definition) is 11. The average molecular weight is 651 g/mol. The molecule has 3 aromatic carbocycles. The first-order valence-electron chi connectivity index (χ1n) is 12.8. The predicted molar refractivity (Wildman–Crippen MR) is 156 cm³/mol. The van der Waals surface area contributed by atoms with E-state index in [0.29, 0.717) is 40.5 Å². The first-order valence-corrected chi connectivity index (χ1v) is 13.6. The number of benzene rings is 3. The third kappa shape index (κ3) is 7.13. The topological polar surface area (TPSA) is 165 Å². The Kier molecular flexibility index (Phi) is 9.21. The standard InChI is InChI=1S/C28H24BrFN8O5/c1-2-40-23-13-18(12-21(29)25(23)42-15-17-6-4-3-5-7-17)14-32-34-28(39)24-22(16-41-20-10-8-19(30)9-11-20)38(37-33-24)27-26(31)35-43-36-27/h3-14H,2,15-16H2,1H3,(H2,31,35)(H,34,39)/b32-14-. The fourth-order valence-electron chi connectivity index (χ4n) is 3.81. The lowest BCUT2D eigenvalue weighted by atomic mass is 10.2. The highest BCUT2D eigenvalue weighted by atomic mass is 79.9. The fourth-order valence-corrected chi connectivity index (χ4v) is 4.39. The SMILES string of the molecule is CCOc1cc(/C=N\NC(=O)c2nnn(-c3nonc3N)c2COc2ccc(F)cc2)cc(Br)c1OCc1ccccc1. The van der Waals surface area contributed by atoms with Gasteiger partial charge in [-0.3, -0.25) is 4.79 Å². The van der Waals surface area contributed by atoms with Crippen LogP contribution in [0, 0.1) is 5.82 Å². The van der Waals surface area contributed by atoms with Crippen LogP contribution in [0.3, 0.4) is 0 Å². The summed E-state index contributed by atoms with van der Waals surface area (Å²) in [4.78, 5) is 13.1. The van der Waals surface area contributed by atoms with Crippen molar-refractivity contribution >= 4 is 33.9 Å². The molecule has 0 aliphatic carbocycles. The number of halogens is 2. The molecule has 13 nitrogen and oxygen atoms in total. The Morgan fingerprint density at radius 2 is 1.88 bits per heavy atom. The number of hydrazone groups is 1.